The van der Waals surface area contributed by atoms with Crippen LogP contribution in [-0.4, -0.2) is 28.3 Å². The Bertz CT molecular complexity index is 582. The van der Waals surface area contributed by atoms with Crippen LogP contribution in [0.1, 0.15) is 23.4 Å². The summed E-state index contributed by atoms with van der Waals surface area (Å²) in [7, 11) is 0. The Balaban J connectivity index is 2.41. The van der Waals surface area contributed by atoms with Crippen LogP contribution in [0, 0.1) is 20.8 Å². The van der Waals surface area contributed by atoms with Crippen molar-refractivity contribution in [3.63, 3.8) is 0 Å². The molecule has 20 heavy (non-hydrogen) atoms. The van der Waals surface area contributed by atoms with E-state index in [1.807, 2.05) is 26.0 Å². The monoisotopic (exact) mass is 271 g/mol. The van der Waals surface area contributed by atoms with Crippen molar-refractivity contribution in [1.82, 2.24) is 15.2 Å². The van der Waals surface area contributed by atoms with Crippen molar-refractivity contribution < 1.29 is 0 Å². The van der Waals surface area contributed by atoms with Crippen LogP contribution in [0.3, 0.4) is 0 Å². The SMILES string of the molecule is Cc1ccccc1N(CCCN)c1nnc(C)c(C)n1. The molecule has 0 amide bonds. The van der Waals surface area contributed by atoms with Crippen LogP contribution in [-0.2, 0) is 0 Å². The van der Waals surface area contributed by atoms with Crippen LogP contribution in [0.25, 0.3) is 0 Å². The lowest BCUT2D eigenvalue weighted by Gasteiger charge is -2.24. The van der Waals surface area contributed by atoms with Crippen LogP contribution >= 0.6 is 0 Å². The van der Waals surface area contributed by atoms with E-state index < -0.39 is 0 Å². The van der Waals surface area contributed by atoms with Gasteiger partial charge in [0.25, 0.3) is 0 Å². The fraction of sp³-hybridized carbons (Fsp3) is 0.400. The summed E-state index contributed by atoms with van der Waals surface area (Å²) in [4.78, 5) is 6.64. The minimum Gasteiger partial charge on any atom is -0.330 e. The van der Waals surface area contributed by atoms with Crippen LogP contribution < -0.4 is 10.6 Å². The highest BCUT2D eigenvalue weighted by Gasteiger charge is 2.15. The standard InChI is InChI=1S/C15H21N5/c1-11-7-4-5-8-14(11)20(10-6-9-16)15-17-12(2)13(3)18-19-15/h4-5,7-8H,6,9-10,16H2,1-3H3. The minimum absolute atomic E-state index is 0.635. The van der Waals surface area contributed by atoms with Gasteiger partial charge in [0, 0.05) is 12.2 Å². The van der Waals surface area contributed by atoms with Crippen molar-refractivity contribution in [2.45, 2.75) is 27.2 Å². The van der Waals surface area contributed by atoms with Crippen molar-refractivity contribution in [1.29, 1.82) is 0 Å². The normalized spacial score (nSPS) is 10.6. The van der Waals surface area contributed by atoms with Gasteiger partial charge in [-0.1, -0.05) is 18.2 Å². The lowest BCUT2D eigenvalue weighted by molar-refractivity contribution is 0.774. The highest BCUT2D eigenvalue weighted by molar-refractivity contribution is 5.61. The first-order valence-electron chi connectivity index (χ1n) is 6.84. The molecule has 0 spiro atoms. The summed E-state index contributed by atoms with van der Waals surface area (Å²) in [5, 5.41) is 8.41. The van der Waals surface area contributed by atoms with Gasteiger partial charge in [-0.2, -0.15) is 5.10 Å². The van der Waals surface area contributed by atoms with E-state index in [0.29, 0.717) is 12.5 Å². The number of para-hydroxylation sites is 1. The first-order valence-corrected chi connectivity index (χ1v) is 6.84. The lowest BCUT2D eigenvalue weighted by atomic mass is 10.2. The van der Waals surface area contributed by atoms with Crippen molar-refractivity contribution in [3.05, 3.63) is 41.2 Å². The molecule has 0 saturated heterocycles. The summed E-state index contributed by atoms with van der Waals surface area (Å²) in [5.41, 5.74) is 9.69. The van der Waals surface area contributed by atoms with Crippen molar-refractivity contribution in [3.8, 4) is 0 Å². The molecule has 2 rings (SSSR count). The molecule has 2 aromatic rings. The van der Waals surface area contributed by atoms with Gasteiger partial charge in [-0.3, -0.25) is 0 Å². The van der Waals surface area contributed by atoms with Crippen LogP contribution in [0.5, 0.6) is 0 Å². The molecule has 106 valence electrons. The minimum atomic E-state index is 0.635. The number of aryl methyl sites for hydroxylation is 3. The molecule has 5 nitrogen and oxygen atoms in total. The van der Waals surface area contributed by atoms with Gasteiger partial charge in [0.15, 0.2) is 0 Å². The van der Waals surface area contributed by atoms with Crippen LogP contribution in [0.4, 0.5) is 11.6 Å². The van der Waals surface area contributed by atoms with Gasteiger partial charge >= 0.3 is 0 Å². The van der Waals surface area contributed by atoms with E-state index in [-0.39, 0.29) is 0 Å². The van der Waals surface area contributed by atoms with E-state index in [4.69, 9.17) is 5.73 Å². The van der Waals surface area contributed by atoms with Gasteiger partial charge in [-0.05, 0) is 45.4 Å². The zero-order chi connectivity index (χ0) is 14.5. The molecule has 1 aromatic carbocycles. The molecule has 1 aromatic heterocycles. The third-order valence-corrected chi connectivity index (χ3v) is 3.31. The van der Waals surface area contributed by atoms with Crippen LogP contribution in [0.2, 0.25) is 0 Å². The predicted octanol–water partition coefficient (Wildman–Crippen LogP) is 2.28. The molecule has 0 radical (unpaired) electrons. The first-order chi connectivity index (χ1) is 9.63. The Morgan fingerprint density at radius 1 is 1.05 bits per heavy atom. The maximum Gasteiger partial charge on any atom is 0.250 e. The Morgan fingerprint density at radius 2 is 1.80 bits per heavy atom. The van der Waals surface area contributed by atoms with E-state index in [1.54, 1.807) is 0 Å². The van der Waals surface area contributed by atoms with Gasteiger partial charge in [-0.25, -0.2) is 4.98 Å². The van der Waals surface area contributed by atoms with Crippen molar-refractivity contribution in [2.24, 2.45) is 5.73 Å². The molecule has 0 fully saturated rings. The zero-order valence-electron chi connectivity index (χ0n) is 12.3. The molecular formula is C15H21N5. The Labute approximate surface area is 119 Å². The molecule has 0 aliphatic carbocycles. The third-order valence-electron chi connectivity index (χ3n) is 3.31. The molecule has 0 aliphatic heterocycles. The molecule has 0 atom stereocenters. The third kappa shape index (κ3) is 3.11. The Hall–Kier alpha value is -2.01. The average molecular weight is 271 g/mol. The number of hydrogen-bond donors (Lipinski definition) is 1. The van der Waals surface area contributed by atoms with E-state index in [9.17, 15) is 0 Å². The molecule has 0 aliphatic rings. The summed E-state index contributed by atoms with van der Waals surface area (Å²) in [6.45, 7) is 7.37. The molecule has 5 heteroatoms. The first kappa shape index (κ1) is 14.4. The summed E-state index contributed by atoms with van der Waals surface area (Å²) in [5.74, 6) is 0.635. The summed E-state index contributed by atoms with van der Waals surface area (Å²) in [6.07, 6.45) is 0.880. The quantitative estimate of drug-likeness (QED) is 0.903. The summed E-state index contributed by atoms with van der Waals surface area (Å²) in [6, 6.07) is 8.20. The fourth-order valence-corrected chi connectivity index (χ4v) is 2.00. The molecule has 2 N–H and O–H groups in total. The van der Waals surface area contributed by atoms with E-state index in [0.717, 1.165) is 30.0 Å². The molecular weight excluding hydrogens is 250 g/mol. The number of benzene rings is 1. The molecule has 0 saturated carbocycles. The van der Waals surface area contributed by atoms with Gasteiger partial charge < -0.3 is 10.6 Å². The second-order valence-electron chi connectivity index (χ2n) is 4.86. The number of aromatic nitrogens is 3. The van der Waals surface area contributed by atoms with E-state index >= 15 is 0 Å². The van der Waals surface area contributed by atoms with Gasteiger partial charge in [0.2, 0.25) is 5.95 Å². The number of hydrogen-bond acceptors (Lipinski definition) is 5. The van der Waals surface area contributed by atoms with Gasteiger partial charge in [-0.15, -0.1) is 5.10 Å². The second kappa shape index (κ2) is 6.43. The lowest BCUT2D eigenvalue weighted by Crippen LogP contribution is -2.24. The summed E-state index contributed by atoms with van der Waals surface area (Å²) < 4.78 is 0. The number of rotatable bonds is 5. The van der Waals surface area contributed by atoms with Gasteiger partial charge in [0.05, 0.1) is 11.4 Å². The number of nitrogens with two attached hydrogens (primary N) is 1. The van der Waals surface area contributed by atoms with Gasteiger partial charge in [0.1, 0.15) is 0 Å². The van der Waals surface area contributed by atoms with Crippen molar-refractivity contribution in [2.75, 3.05) is 18.0 Å². The second-order valence-corrected chi connectivity index (χ2v) is 4.86. The van der Waals surface area contributed by atoms with E-state index in [2.05, 4.69) is 39.1 Å². The highest BCUT2D eigenvalue weighted by atomic mass is 15.3. The fourth-order valence-electron chi connectivity index (χ4n) is 2.00. The number of nitrogens with zero attached hydrogens (tertiary/aromatic N) is 4. The van der Waals surface area contributed by atoms with E-state index in [1.165, 1.54) is 5.56 Å². The Kier molecular flexibility index (Phi) is 4.63. The maximum absolute atomic E-state index is 5.64. The highest BCUT2D eigenvalue weighted by Crippen LogP contribution is 2.25. The topological polar surface area (TPSA) is 67.9 Å². The summed E-state index contributed by atoms with van der Waals surface area (Å²) >= 11 is 0. The smallest absolute Gasteiger partial charge is 0.250 e. The maximum atomic E-state index is 5.64. The zero-order valence-corrected chi connectivity index (χ0v) is 12.3. The van der Waals surface area contributed by atoms with Crippen LogP contribution in [0.15, 0.2) is 24.3 Å². The molecule has 1 heterocycles. The van der Waals surface area contributed by atoms with Crippen molar-refractivity contribution >= 4 is 11.6 Å². The average Bonchev–Trinajstić information content (AvgIpc) is 2.44. The largest absolute Gasteiger partial charge is 0.330 e. The molecule has 0 bridgehead atoms. The number of anilines is 2. The predicted molar refractivity (Wildman–Crippen MR) is 81.2 cm³/mol. The Morgan fingerprint density at radius 3 is 2.45 bits per heavy atom. The molecule has 0 unspecified atom stereocenters.